The Morgan fingerprint density at radius 1 is 1.15 bits per heavy atom. The van der Waals surface area contributed by atoms with Crippen LogP contribution < -0.4 is 15.6 Å². The molecule has 0 unspecified atom stereocenters. The minimum absolute atomic E-state index is 0.0405. The second-order valence-electron chi connectivity index (χ2n) is 5.63. The Labute approximate surface area is 130 Å². The van der Waals surface area contributed by atoms with Gasteiger partial charge in [-0.3, -0.25) is 0 Å². The first kappa shape index (κ1) is 17.4. The van der Waals surface area contributed by atoms with Crippen LogP contribution in [0.1, 0.15) is 34.6 Å². The average molecular weight is 321 g/mol. The van der Waals surface area contributed by atoms with Gasteiger partial charge in [0.15, 0.2) is 0 Å². The summed E-state index contributed by atoms with van der Waals surface area (Å²) < 4.78 is 11.1. The van der Waals surface area contributed by atoms with Gasteiger partial charge in [-0.25, -0.2) is 5.43 Å². The van der Waals surface area contributed by atoms with Crippen LogP contribution in [0.5, 0.6) is 5.75 Å². The molecule has 0 aliphatic carbocycles. The summed E-state index contributed by atoms with van der Waals surface area (Å²) >= 11 is 12.2. The normalized spacial score (nSPS) is 11.8. The molecule has 0 saturated carbocycles. The van der Waals surface area contributed by atoms with Crippen molar-refractivity contribution < 1.29 is 9.47 Å². The summed E-state index contributed by atoms with van der Waals surface area (Å²) in [6.45, 7) is 10.2. The van der Waals surface area contributed by atoms with Gasteiger partial charge in [0.05, 0.1) is 27.4 Å². The summed E-state index contributed by atoms with van der Waals surface area (Å²) in [5, 5.41) is 0.995. The Bertz CT molecular complexity index is 446. The summed E-state index contributed by atoms with van der Waals surface area (Å²) in [4.78, 5) is 0. The van der Waals surface area contributed by atoms with Crippen LogP contribution in [0.15, 0.2) is 12.1 Å². The van der Waals surface area contributed by atoms with E-state index in [0.717, 1.165) is 0 Å². The predicted octanol–water partition coefficient (Wildman–Crippen LogP) is 4.47. The third-order valence-electron chi connectivity index (χ3n) is 2.18. The highest BCUT2D eigenvalue weighted by Crippen LogP contribution is 2.34. The molecule has 0 radical (unpaired) electrons. The van der Waals surface area contributed by atoms with Crippen molar-refractivity contribution in [3.05, 3.63) is 22.2 Å². The fourth-order valence-electron chi connectivity index (χ4n) is 1.35. The third-order valence-corrected chi connectivity index (χ3v) is 2.79. The van der Waals surface area contributed by atoms with Crippen molar-refractivity contribution in [2.24, 2.45) is 0 Å². The molecule has 0 spiro atoms. The third kappa shape index (κ3) is 6.18. The second kappa shape index (κ2) is 7.36. The van der Waals surface area contributed by atoms with Gasteiger partial charge in [0, 0.05) is 6.07 Å². The first-order valence-corrected chi connectivity index (χ1v) is 7.23. The van der Waals surface area contributed by atoms with Crippen molar-refractivity contribution >= 4 is 28.9 Å². The van der Waals surface area contributed by atoms with Crippen molar-refractivity contribution in [2.45, 2.75) is 46.3 Å². The molecule has 0 saturated heterocycles. The van der Waals surface area contributed by atoms with Gasteiger partial charge < -0.3 is 14.9 Å². The van der Waals surface area contributed by atoms with Gasteiger partial charge in [0.2, 0.25) is 0 Å². The number of anilines is 1. The Morgan fingerprint density at radius 2 is 1.80 bits per heavy atom. The Morgan fingerprint density at radius 3 is 2.35 bits per heavy atom. The smallest absolute Gasteiger partial charge is 0.140 e. The minimum atomic E-state index is -0.204. The van der Waals surface area contributed by atoms with E-state index >= 15 is 0 Å². The summed E-state index contributed by atoms with van der Waals surface area (Å²) in [6.07, 6.45) is 0.0405. The van der Waals surface area contributed by atoms with Crippen LogP contribution in [0, 0.1) is 0 Å². The summed E-state index contributed by atoms with van der Waals surface area (Å²) in [7, 11) is 0. The SMILES string of the molecule is CC(C)Oc1cc(NNCOC(C)(C)C)c(Cl)cc1Cl. The first-order chi connectivity index (χ1) is 9.19. The van der Waals surface area contributed by atoms with Crippen molar-refractivity contribution in [3.8, 4) is 5.75 Å². The fourth-order valence-corrected chi connectivity index (χ4v) is 1.83. The predicted molar refractivity (Wildman–Crippen MR) is 84.7 cm³/mol. The van der Waals surface area contributed by atoms with E-state index in [9.17, 15) is 0 Å². The van der Waals surface area contributed by atoms with Gasteiger partial charge in [-0.2, -0.15) is 0 Å². The van der Waals surface area contributed by atoms with Crippen LogP contribution in [-0.4, -0.2) is 18.4 Å². The molecule has 20 heavy (non-hydrogen) atoms. The lowest BCUT2D eigenvalue weighted by molar-refractivity contribution is -0.0105. The zero-order chi connectivity index (χ0) is 15.3. The van der Waals surface area contributed by atoms with Gasteiger partial charge in [0.1, 0.15) is 12.5 Å². The molecule has 0 aliphatic heterocycles. The van der Waals surface area contributed by atoms with Crippen molar-refractivity contribution in [2.75, 3.05) is 12.2 Å². The van der Waals surface area contributed by atoms with Crippen LogP contribution >= 0.6 is 23.2 Å². The quantitative estimate of drug-likeness (QED) is 0.461. The van der Waals surface area contributed by atoms with Crippen molar-refractivity contribution in [3.63, 3.8) is 0 Å². The lowest BCUT2D eigenvalue weighted by Gasteiger charge is -2.21. The van der Waals surface area contributed by atoms with Gasteiger partial charge >= 0.3 is 0 Å². The summed E-state index contributed by atoms with van der Waals surface area (Å²) in [5.74, 6) is 0.590. The van der Waals surface area contributed by atoms with E-state index < -0.39 is 0 Å². The van der Waals surface area contributed by atoms with E-state index in [1.54, 1.807) is 12.1 Å². The Balaban J connectivity index is 2.65. The largest absolute Gasteiger partial charge is 0.489 e. The maximum atomic E-state index is 6.12. The minimum Gasteiger partial charge on any atom is -0.489 e. The molecule has 2 N–H and O–H groups in total. The number of hydrogen-bond acceptors (Lipinski definition) is 4. The molecule has 1 aromatic rings. The van der Waals surface area contributed by atoms with Gasteiger partial charge in [-0.05, 0) is 40.7 Å². The molecule has 1 aromatic carbocycles. The van der Waals surface area contributed by atoms with Crippen LogP contribution in [-0.2, 0) is 4.74 Å². The zero-order valence-electron chi connectivity index (χ0n) is 12.5. The topological polar surface area (TPSA) is 42.5 Å². The van der Waals surface area contributed by atoms with Crippen LogP contribution in [0.25, 0.3) is 0 Å². The number of hydrazine groups is 1. The van der Waals surface area contributed by atoms with Crippen molar-refractivity contribution in [1.29, 1.82) is 0 Å². The summed E-state index contributed by atoms with van der Waals surface area (Å²) in [6, 6.07) is 3.41. The van der Waals surface area contributed by atoms with Gasteiger partial charge in [-0.15, -0.1) is 0 Å². The molecule has 1 rings (SSSR count). The van der Waals surface area contributed by atoms with E-state index in [1.807, 2.05) is 34.6 Å². The number of halogens is 2. The molecular weight excluding hydrogens is 299 g/mol. The number of hydrogen-bond donors (Lipinski definition) is 2. The molecule has 0 atom stereocenters. The number of ether oxygens (including phenoxy) is 2. The molecule has 114 valence electrons. The standard InChI is InChI=1S/C14H22Cl2N2O2/c1-9(2)20-13-7-12(10(15)6-11(13)16)18-17-8-19-14(3,4)5/h6-7,9,17-18H,8H2,1-5H3. The Hall–Kier alpha value is -0.680. The van der Waals surface area contributed by atoms with Crippen LogP contribution in [0.3, 0.4) is 0 Å². The number of benzene rings is 1. The molecule has 0 aromatic heterocycles. The maximum absolute atomic E-state index is 6.12. The highest BCUT2D eigenvalue weighted by Gasteiger charge is 2.11. The summed E-state index contributed by atoms with van der Waals surface area (Å²) in [5.41, 5.74) is 6.41. The number of rotatable bonds is 6. The van der Waals surface area contributed by atoms with Crippen molar-refractivity contribution in [1.82, 2.24) is 5.43 Å². The lowest BCUT2D eigenvalue weighted by atomic mass is 10.2. The molecular formula is C14H22Cl2N2O2. The molecule has 0 amide bonds. The Kier molecular flexibility index (Phi) is 6.40. The van der Waals surface area contributed by atoms with E-state index in [1.165, 1.54) is 0 Å². The first-order valence-electron chi connectivity index (χ1n) is 6.47. The van der Waals surface area contributed by atoms with E-state index in [4.69, 9.17) is 32.7 Å². The van der Waals surface area contributed by atoms with Gasteiger partial charge in [-0.1, -0.05) is 23.2 Å². The van der Waals surface area contributed by atoms with Crippen LogP contribution in [0.2, 0.25) is 10.0 Å². The maximum Gasteiger partial charge on any atom is 0.140 e. The molecule has 0 aliphatic rings. The van der Waals surface area contributed by atoms with E-state index in [-0.39, 0.29) is 11.7 Å². The second-order valence-corrected chi connectivity index (χ2v) is 6.45. The monoisotopic (exact) mass is 320 g/mol. The van der Waals surface area contributed by atoms with Gasteiger partial charge in [0.25, 0.3) is 0 Å². The molecule has 0 bridgehead atoms. The number of nitrogens with one attached hydrogen (secondary N) is 2. The van der Waals surface area contributed by atoms with Crippen LogP contribution in [0.4, 0.5) is 5.69 Å². The molecule has 0 fully saturated rings. The zero-order valence-corrected chi connectivity index (χ0v) is 14.0. The van der Waals surface area contributed by atoms with E-state index in [2.05, 4.69) is 10.9 Å². The highest BCUT2D eigenvalue weighted by atomic mass is 35.5. The highest BCUT2D eigenvalue weighted by molar-refractivity contribution is 6.37. The fraction of sp³-hybridized carbons (Fsp3) is 0.571. The molecule has 6 heteroatoms. The lowest BCUT2D eigenvalue weighted by Crippen LogP contribution is -2.31. The molecule has 0 heterocycles. The van der Waals surface area contributed by atoms with E-state index in [0.29, 0.717) is 28.2 Å². The molecule has 4 nitrogen and oxygen atoms in total. The average Bonchev–Trinajstić information content (AvgIpc) is 2.28.